The van der Waals surface area contributed by atoms with Crippen LogP contribution in [-0.4, -0.2) is 62.9 Å². The van der Waals surface area contributed by atoms with Gasteiger partial charge in [-0.2, -0.15) is 0 Å². The molecule has 3 rings (SSSR count). The number of ether oxygens (including phenoxy) is 2. The molecule has 0 unspecified atom stereocenters. The average molecular weight is 458 g/mol. The fraction of sp³-hybridized carbons (Fsp3) is 0.478. The highest BCUT2D eigenvalue weighted by Crippen LogP contribution is 2.37. The summed E-state index contributed by atoms with van der Waals surface area (Å²) in [5.74, 6) is 0. The van der Waals surface area contributed by atoms with Crippen molar-refractivity contribution in [2.75, 3.05) is 13.7 Å². The van der Waals surface area contributed by atoms with E-state index in [0.29, 0.717) is 0 Å². The van der Waals surface area contributed by atoms with Crippen molar-refractivity contribution >= 4 is 18.7 Å². The first-order valence-electron chi connectivity index (χ1n) is 10.6. The van der Waals surface area contributed by atoms with E-state index in [9.17, 15) is 10.2 Å². The first-order valence-corrected chi connectivity index (χ1v) is 12.5. The molecule has 0 radical (unpaired) electrons. The van der Waals surface area contributed by atoms with Gasteiger partial charge < -0.3 is 24.1 Å². The molecular formula is C23H31N3O5Si. The Labute approximate surface area is 189 Å². The molecule has 2 N–H and O–H groups in total. The van der Waals surface area contributed by atoms with Gasteiger partial charge in [-0.15, -0.1) is 0 Å². The Hall–Kier alpha value is -2.23. The Morgan fingerprint density at radius 3 is 1.97 bits per heavy atom. The van der Waals surface area contributed by atoms with Crippen molar-refractivity contribution in [2.45, 2.75) is 56.5 Å². The lowest BCUT2D eigenvalue weighted by molar-refractivity contribution is -0.266. The van der Waals surface area contributed by atoms with Gasteiger partial charge >= 0.3 is 0 Å². The lowest BCUT2D eigenvalue weighted by Gasteiger charge is -2.45. The number of methoxy groups -OCH3 is 1. The zero-order valence-electron chi connectivity index (χ0n) is 18.8. The van der Waals surface area contributed by atoms with Gasteiger partial charge in [0.05, 0.1) is 18.8 Å². The fourth-order valence-electron chi connectivity index (χ4n) is 4.41. The lowest BCUT2D eigenvalue weighted by atomic mass is 9.97. The molecule has 1 saturated heterocycles. The maximum absolute atomic E-state index is 10.8. The highest BCUT2D eigenvalue weighted by Gasteiger charge is 2.52. The second kappa shape index (κ2) is 10.1. The summed E-state index contributed by atoms with van der Waals surface area (Å²) < 4.78 is 17.8. The standard InChI is InChI=1S/C23H31N3O5Si/c1-23(2,3)32(16-11-7-5-8-12-16,17-13-9-6-10-14-17)30-15-18-20(27)19(25-26-24)21(28)22(29-4)31-18/h5-14,18-22,27-28H,15H2,1-4H3/t18-,19-,20-,21+,22-/m1/s1. The predicted octanol–water partition coefficient (Wildman–Crippen LogP) is 2.33. The molecule has 8 nitrogen and oxygen atoms in total. The number of azide groups is 1. The molecule has 9 heteroatoms. The first-order chi connectivity index (χ1) is 15.3. The molecule has 0 aromatic heterocycles. The highest BCUT2D eigenvalue weighted by molar-refractivity contribution is 6.99. The Morgan fingerprint density at radius 2 is 1.53 bits per heavy atom. The first kappa shape index (κ1) is 24.4. The van der Waals surface area contributed by atoms with Crippen LogP contribution in [0.2, 0.25) is 5.04 Å². The van der Waals surface area contributed by atoms with Crippen molar-refractivity contribution in [3.8, 4) is 0 Å². The molecule has 2 aromatic carbocycles. The third-order valence-corrected chi connectivity index (χ3v) is 11.0. The SMILES string of the molecule is CO[C@@H]1O[C@H](CO[Si](c2ccccc2)(c2ccccc2)C(C)(C)C)[C@@H](O)[C@@H](N=[N+]=[N-])[C@@H]1O. The molecule has 32 heavy (non-hydrogen) atoms. The number of nitrogens with zero attached hydrogens (tertiary/aromatic N) is 3. The smallest absolute Gasteiger partial charge is 0.261 e. The maximum Gasteiger partial charge on any atom is 0.261 e. The molecule has 172 valence electrons. The second-order valence-corrected chi connectivity index (χ2v) is 13.2. The van der Waals surface area contributed by atoms with E-state index in [1.54, 1.807) is 0 Å². The summed E-state index contributed by atoms with van der Waals surface area (Å²) in [4.78, 5) is 2.77. The molecule has 5 atom stereocenters. The molecule has 1 aliphatic rings. The minimum absolute atomic E-state index is 0.0402. The van der Waals surface area contributed by atoms with Crippen LogP contribution in [-0.2, 0) is 13.9 Å². The number of benzene rings is 2. The summed E-state index contributed by atoms with van der Waals surface area (Å²) in [7, 11) is -1.46. The number of hydrogen-bond acceptors (Lipinski definition) is 6. The minimum atomic E-state index is -2.85. The van der Waals surface area contributed by atoms with E-state index in [1.807, 2.05) is 36.4 Å². The van der Waals surface area contributed by atoms with Crippen LogP contribution in [0.15, 0.2) is 65.8 Å². The van der Waals surface area contributed by atoms with Crippen LogP contribution < -0.4 is 10.4 Å². The highest BCUT2D eigenvalue weighted by atomic mass is 28.4. The van der Waals surface area contributed by atoms with E-state index >= 15 is 0 Å². The van der Waals surface area contributed by atoms with E-state index in [4.69, 9.17) is 19.4 Å². The van der Waals surface area contributed by atoms with Gasteiger partial charge in [-0.25, -0.2) is 0 Å². The summed E-state index contributed by atoms with van der Waals surface area (Å²) in [6, 6.07) is 19.1. The van der Waals surface area contributed by atoms with Crippen molar-refractivity contribution in [1.82, 2.24) is 0 Å². The van der Waals surface area contributed by atoms with Crippen LogP contribution in [0.4, 0.5) is 0 Å². The molecule has 2 aromatic rings. The van der Waals surface area contributed by atoms with Gasteiger partial charge in [0, 0.05) is 12.0 Å². The van der Waals surface area contributed by atoms with Gasteiger partial charge in [-0.05, 0) is 20.9 Å². The lowest BCUT2D eigenvalue weighted by Crippen LogP contribution is -2.68. The molecule has 0 saturated carbocycles. The third kappa shape index (κ3) is 4.60. The fourth-order valence-corrected chi connectivity index (χ4v) is 8.98. The molecule has 1 heterocycles. The van der Waals surface area contributed by atoms with E-state index in [2.05, 4.69) is 55.1 Å². The van der Waals surface area contributed by atoms with E-state index in [0.717, 1.165) is 10.4 Å². The maximum atomic E-state index is 10.8. The minimum Gasteiger partial charge on any atom is -0.405 e. The van der Waals surface area contributed by atoms with Crippen molar-refractivity contribution in [2.24, 2.45) is 5.11 Å². The van der Waals surface area contributed by atoms with Gasteiger partial charge in [0.25, 0.3) is 8.32 Å². The normalized spacial score (nSPS) is 26.4. The predicted molar refractivity (Wildman–Crippen MR) is 124 cm³/mol. The van der Waals surface area contributed by atoms with Gasteiger partial charge in [-0.3, -0.25) is 0 Å². The molecule has 0 aliphatic carbocycles. The summed E-state index contributed by atoms with van der Waals surface area (Å²) in [6.45, 7) is 6.50. The van der Waals surface area contributed by atoms with Gasteiger partial charge in [0.1, 0.15) is 12.2 Å². The van der Waals surface area contributed by atoms with Crippen molar-refractivity contribution in [1.29, 1.82) is 0 Å². The molecule has 0 amide bonds. The van der Waals surface area contributed by atoms with Crippen molar-refractivity contribution in [3.05, 3.63) is 71.1 Å². The van der Waals surface area contributed by atoms with E-state index < -0.39 is 39.0 Å². The Morgan fingerprint density at radius 1 is 1.00 bits per heavy atom. The second-order valence-electron chi connectivity index (χ2n) is 8.93. The van der Waals surface area contributed by atoms with Crippen molar-refractivity contribution < 1.29 is 24.1 Å². The molecular weight excluding hydrogens is 426 g/mol. The van der Waals surface area contributed by atoms with E-state index in [-0.39, 0.29) is 11.6 Å². The van der Waals surface area contributed by atoms with Crippen LogP contribution in [0.3, 0.4) is 0 Å². The van der Waals surface area contributed by atoms with Crippen LogP contribution in [0.5, 0.6) is 0 Å². The topological polar surface area (TPSA) is 117 Å². The monoisotopic (exact) mass is 457 g/mol. The zero-order valence-corrected chi connectivity index (χ0v) is 19.8. The van der Waals surface area contributed by atoms with Crippen LogP contribution >= 0.6 is 0 Å². The average Bonchev–Trinajstić information content (AvgIpc) is 2.79. The van der Waals surface area contributed by atoms with Gasteiger partial charge in [0.15, 0.2) is 6.29 Å². The largest absolute Gasteiger partial charge is 0.405 e. The number of aliphatic hydroxyl groups is 2. The Balaban J connectivity index is 2.02. The van der Waals surface area contributed by atoms with E-state index in [1.165, 1.54) is 7.11 Å². The quantitative estimate of drug-likeness (QED) is 0.286. The summed E-state index contributed by atoms with van der Waals surface area (Å²) in [5, 5.41) is 26.7. The molecule has 1 fully saturated rings. The Kier molecular flexibility index (Phi) is 7.74. The summed E-state index contributed by atoms with van der Waals surface area (Å²) in [5.41, 5.74) is 8.89. The van der Waals surface area contributed by atoms with Crippen LogP contribution in [0.25, 0.3) is 10.4 Å². The summed E-state index contributed by atoms with van der Waals surface area (Å²) in [6.07, 6.45) is -4.41. The zero-order chi connectivity index (χ0) is 23.4. The Bertz CT molecular complexity index is 879. The van der Waals surface area contributed by atoms with Crippen molar-refractivity contribution in [3.63, 3.8) is 0 Å². The van der Waals surface area contributed by atoms with Crippen LogP contribution in [0.1, 0.15) is 20.8 Å². The third-order valence-electron chi connectivity index (χ3n) is 5.97. The van der Waals surface area contributed by atoms with Gasteiger partial charge in [-0.1, -0.05) is 86.5 Å². The molecule has 1 aliphatic heterocycles. The molecule has 0 bridgehead atoms. The number of rotatable bonds is 7. The van der Waals surface area contributed by atoms with Crippen LogP contribution in [0, 0.1) is 0 Å². The number of aliphatic hydroxyl groups excluding tert-OH is 2. The summed E-state index contributed by atoms with van der Waals surface area (Å²) >= 11 is 0. The molecule has 0 spiro atoms. The number of hydrogen-bond donors (Lipinski definition) is 2. The van der Waals surface area contributed by atoms with Gasteiger partial charge in [0.2, 0.25) is 0 Å².